The summed E-state index contributed by atoms with van der Waals surface area (Å²) in [5.74, 6) is -0.0804. The summed E-state index contributed by atoms with van der Waals surface area (Å²) < 4.78 is 43.9. The normalized spacial score (nSPS) is 12.8. The lowest BCUT2D eigenvalue weighted by Crippen LogP contribution is -2.27. The van der Waals surface area contributed by atoms with Gasteiger partial charge in [0.05, 0.1) is 78.6 Å². The number of alkyl carbamates (subject to hydrolysis) is 1. The molecule has 1 N–H and O–H groups in total. The van der Waals surface area contributed by atoms with Gasteiger partial charge >= 0.3 is 12.1 Å². The number of esters is 1. The summed E-state index contributed by atoms with van der Waals surface area (Å²) in [5, 5.41) is 2.80. The Morgan fingerprint density at radius 1 is 0.612 bits per heavy atom. The van der Waals surface area contributed by atoms with Crippen molar-refractivity contribution in [1.82, 2.24) is 5.32 Å². The second-order valence-electron chi connectivity index (χ2n) is 11.7. The first-order valence-corrected chi connectivity index (χ1v) is 17.9. The summed E-state index contributed by atoms with van der Waals surface area (Å²) in [6.45, 7) is 10.8. The third-order valence-electron chi connectivity index (χ3n) is 8.14. The van der Waals surface area contributed by atoms with Crippen LogP contribution in [-0.2, 0) is 42.7 Å². The van der Waals surface area contributed by atoms with E-state index in [0.717, 1.165) is 25.7 Å². The molecule has 0 spiro atoms. The molecule has 274 valence electrons. The van der Waals surface area contributed by atoms with Crippen LogP contribution in [0.15, 0.2) is 48.5 Å². The Morgan fingerprint density at radius 3 is 1.57 bits per heavy atom. The standard InChI is InChI=1S/C38H57NO10/c1-3-5-11-31(4-2)37(40)48-29-28-47-27-26-46-25-24-45-23-22-44-21-20-43-19-18-42-17-10-16-39-38(41)49-30-36-34-14-8-6-12-32(34)33-13-7-9-15-35(33)36/h6-9,12-15,31,36H,3-5,10-11,16-30H2,1-2H3,(H,39,41). The Labute approximate surface area is 292 Å². The highest BCUT2D eigenvalue weighted by molar-refractivity contribution is 5.79. The van der Waals surface area contributed by atoms with E-state index in [9.17, 15) is 9.59 Å². The van der Waals surface area contributed by atoms with Crippen LogP contribution >= 0.6 is 0 Å². The van der Waals surface area contributed by atoms with Gasteiger partial charge in [-0.3, -0.25) is 4.79 Å². The van der Waals surface area contributed by atoms with Gasteiger partial charge in [-0.05, 0) is 41.5 Å². The van der Waals surface area contributed by atoms with Crippen molar-refractivity contribution in [3.05, 3.63) is 59.7 Å². The summed E-state index contributed by atoms with van der Waals surface area (Å²) in [7, 11) is 0. The number of ether oxygens (including phenoxy) is 8. The van der Waals surface area contributed by atoms with Crippen molar-refractivity contribution in [3.63, 3.8) is 0 Å². The number of nitrogens with one attached hydrogen (secondary N) is 1. The van der Waals surface area contributed by atoms with Crippen molar-refractivity contribution < 1.29 is 47.5 Å². The Morgan fingerprint density at radius 2 is 1.08 bits per heavy atom. The van der Waals surface area contributed by atoms with Crippen molar-refractivity contribution >= 4 is 12.1 Å². The molecule has 0 saturated heterocycles. The largest absolute Gasteiger partial charge is 0.463 e. The van der Waals surface area contributed by atoms with Crippen LogP contribution in [0.5, 0.6) is 0 Å². The van der Waals surface area contributed by atoms with Crippen molar-refractivity contribution in [2.75, 3.05) is 99.0 Å². The first-order valence-electron chi connectivity index (χ1n) is 17.9. The fraction of sp³-hybridized carbons (Fsp3) is 0.632. The molecular formula is C38H57NO10. The quantitative estimate of drug-likeness (QED) is 0.0834. The number of carbonyl (C=O) groups excluding carboxylic acids is 2. The molecular weight excluding hydrogens is 630 g/mol. The van der Waals surface area contributed by atoms with E-state index < -0.39 is 6.09 Å². The van der Waals surface area contributed by atoms with Crippen LogP contribution in [0.3, 0.4) is 0 Å². The van der Waals surface area contributed by atoms with E-state index in [1.807, 2.05) is 31.2 Å². The van der Waals surface area contributed by atoms with Crippen LogP contribution in [0.25, 0.3) is 11.1 Å². The first kappa shape index (κ1) is 40.4. The van der Waals surface area contributed by atoms with E-state index in [-0.39, 0.29) is 24.4 Å². The lowest BCUT2D eigenvalue weighted by molar-refractivity contribution is -0.150. The zero-order chi connectivity index (χ0) is 34.8. The molecule has 2 aromatic carbocycles. The molecule has 49 heavy (non-hydrogen) atoms. The molecule has 0 aromatic heterocycles. The fourth-order valence-electron chi connectivity index (χ4n) is 5.47. The number of rotatable bonds is 29. The van der Waals surface area contributed by atoms with E-state index in [4.69, 9.17) is 37.9 Å². The summed E-state index contributed by atoms with van der Waals surface area (Å²) in [5.41, 5.74) is 4.81. The number of unbranched alkanes of at least 4 members (excludes halogenated alkanes) is 1. The number of amides is 1. The van der Waals surface area contributed by atoms with Crippen molar-refractivity contribution in [2.24, 2.45) is 5.92 Å². The minimum Gasteiger partial charge on any atom is -0.463 e. The molecule has 11 heteroatoms. The van der Waals surface area contributed by atoms with Gasteiger partial charge in [-0.25, -0.2) is 4.79 Å². The van der Waals surface area contributed by atoms with Gasteiger partial charge in [0.2, 0.25) is 0 Å². The van der Waals surface area contributed by atoms with Crippen LogP contribution in [0, 0.1) is 5.92 Å². The Hall–Kier alpha value is -3.06. The SMILES string of the molecule is CCCCC(CC)C(=O)OCCOCCOCCOCCOCCOCCOCCCNC(=O)OCC1c2ccccc2-c2ccccc21. The van der Waals surface area contributed by atoms with Crippen LogP contribution in [-0.4, -0.2) is 111 Å². The molecule has 1 amide bonds. The third kappa shape index (κ3) is 16.0. The topological polar surface area (TPSA) is 120 Å². The number of hydrogen-bond donors (Lipinski definition) is 1. The van der Waals surface area contributed by atoms with Crippen LogP contribution in [0.4, 0.5) is 4.79 Å². The van der Waals surface area contributed by atoms with Crippen LogP contribution in [0.2, 0.25) is 0 Å². The molecule has 0 saturated carbocycles. The molecule has 0 radical (unpaired) electrons. The predicted octanol–water partition coefficient (Wildman–Crippen LogP) is 5.77. The highest BCUT2D eigenvalue weighted by Crippen LogP contribution is 2.44. The highest BCUT2D eigenvalue weighted by Gasteiger charge is 2.29. The van der Waals surface area contributed by atoms with Crippen LogP contribution < -0.4 is 5.32 Å². The van der Waals surface area contributed by atoms with E-state index in [1.165, 1.54) is 22.3 Å². The van der Waals surface area contributed by atoms with Gasteiger partial charge in [0.1, 0.15) is 13.2 Å². The summed E-state index contributed by atoms with van der Waals surface area (Å²) in [6.07, 6.45) is 4.09. The number of hydrogen-bond acceptors (Lipinski definition) is 10. The van der Waals surface area contributed by atoms with Gasteiger partial charge in [-0.15, -0.1) is 0 Å². The molecule has 1 unspecified atom stereocenters. The van der Waals surface area contributed by atoms with Gasteiger partial charge in [-0.1, -0.05) is 75.2 Å². The van der Waals surface area contributed by atoms with Crippen molar-refractivity contribution in [1.29, 1.82) is 0 Å². The molecule has 1 atom stereocenters. The lowest BCUT2D eigenvalue weighted by Gasteiger charge is -2.14. The van der Waals surface area contributed by atoms with Gasteiger partial charge in [0.25, 0.3) is 0 Å². The fourth-order valence-corrected chi connectivity index (χ4v) is 5.47. The third-order valence-corrected chi connectivity index (χ3v) is 8.14. The lowest BCUT2D eigenvalue weighted by atomic mass is 9.98. The van der Waals surface area contributed by atoms with E-state index in [1.54, 1.807) is 0 Å². The Balaban J connectivity index is 1.01. The Bertz CT molecular complexity index is 1130. The summed E-state index contributed by atoms with van der Waals surface area (Å²) >= 11 is 0. The molecule has 1 aliphatic rings. The van der Waals surface area contributed by atoms with E-state index in [2.05, 4.69) is 36.5 Å². The summed E-state index contributed by atoms with van der Waals surface area (Å²) in [6, 6.07) is 16.6. The van der Waals surface area contributed by atoms with Gasteiger partial charge in [0, 0.05) is 19.1 Å². The number of benzene rings is 2. The van der Waals surface area contributed by atoms with E-state index in [0.29, 0.717) is 98.9 Å². The molecule has 11 nitrogen and oxygen atoms in total. The van der Waals surface area contributed by atoms with E-state index >= 15 is 0 Å². The number of carbonyl (C=O) groups is 2. The molecule has 3 rings (SSSR count). The monoisotopic (exact) mass is 687 g/mol. The minimum atomic E-state index is -0.416. The highest BCUT2D eigenvalue weighted by atomic mass is 16.6. The maximum absolute atomic E-state index is 12.3. The molecule has 0 bridgehead atoms. The predicted molar refractivity (Wildman–Crippen MR) is 187 cm³/mol. The first-order chi connectivity index (χ1) is 24.2. The van der Waals surface area contributed by atoms with Crippen molar-refractivity contribution in [3.8, 4) is 11.1 Å². The number of fused-ring (bicyclic) bond motifs is 3. The maximum Gasteiger partial charge on any atom is 0.407 e. The second kappa shape index (κ2) is 25.8. The minimum absolute atomic E-state index is 0.00758. The molecule has 0 heterocycles. The zero-order valence-corrected chi connectivity index (χ0v) is 29.5. The smallest absolute Gasteiger partial charge is 0.407 e. The van der Waals surface area contributed by atoms with Crippen LogP contribution in [0.1, 0.15) is 63.0 Å². The maximum atomic E-state index is 12.3. The molecule has 0 aliphatic heterocycles. The van der Waals surface area contributed by atoms with Gasteiger partial charge < -0.3 is 43.2 Å². The molecule has 2 aromatic rings. The Kier molecular flexibility index (Phi) is 21.3. The zero-order valence-electron chi connectivity index (χ0n) is 29.5. The average molecular weight is 688 g/mol. The van der Waals surface area contributed by atoms with Crippen molar-refractivity contribution in [2.45, 2.75) is 51.9 Å². The summed E-state index contributed by atoms with van der Waals surface area (Å²) in [4.78, 5) is 24.3. The van der Waals surface area contributed by atoms with Gasteiger partial charge in [0.15, 0.2) is 0 Å². The second-order valence-corrected chi connectivity index (χ2v) is 11.7. The average Bonchev–Trinajstić information content (AvgIpc) is 3.44. The van der Waals surface area contributed by atoms with Gasteiger partial charge in [-0.2, -0.15) is 0 Å². The molecule has 1 aliphatic carbocycles. The molecule has 0 fully saturated rings.